The highest BCUT2D eigenvalue weighted by atomic mass is 16.7. The van der Waals surface area contributed by atoms with E-state index in [-0.39, 0.29) is 28.0 Å². The first-order valence-corrected chi connectivity index (χ1v) is 10.0. The number of aromatic hydroxyl groups is 3. The summed E-state index contributed by atoms with van der Waals surface area (Å²) in [6.45, 7) is -0.726. The number of rotatable bonds is 5. The second-order valence-corrected chi connectivity index (χ2v) is 7.63. The maximum Gasteiger partial charge on any atom is 0.239 e. The number of aliphatic hydroxyl groups is 4. The van der Waals surface area contributed by atoms with E-state index >= 15 is 0 Å². The fraction of sp³-hybridized carbons (Fsp3) is 0.318. The molecule has 1 saturated heterocycles. The first kappa shape index (κ1) is 23.6. The van der Waals surface area contributed by atoms with Crippen molar-refractivity contribution >= 4 is 11.0 Å². The van der Waals surface area contributed by atoms with Crippen LogP contribution in [0.15, 0.2) is 39.5 Å². The van der Waals surface area contributed by atoms with Gasteiger partial charge in [0.15, 0.2) is 17.3 Å². The van der Waals surface area contributed by atoms with E-state index in [0.29, 0.717) is 0 Å². The highest BCUT2D eigenvalue weighted by molar-refractivity contribution is 5.88. The van der Waals surface area contributed by atoms with Gasteiger partial charge < -0.3 is 54.4 Å². The highest BCUT2D eigenvalue weighted by Gasteiger charge is 2.45. The van der Waals surface area contributed by atoms with Gasteiger partial charge in [0.05, 0.1) is 13.7 Å². The number of aliphatic hydroxyl groups excluding tert-OH is 4. The van der Waals surface area contributed by atoms with Gasteiger partial charge in [0.2, 0.25) is 17.5 Å². The molecule has 34 heavy (non-hydrogen) atoms. The van der Waals surface area contributed by atoms with Crippen LogP contribution in [0.25, 0.3) is 22.3 Å². The Morgan fingerprint density at radius 3 is 2.32 bits per heavy atom. The molecule has 0 aliphatic carbocycles. The molecule has 5 atom stereocenters. The molecule has 12 nitrogen and oxygen atoms in total. The molecular weight excluding hydrogens is 456 g/mol. The first-order chi connectivity index (χ1) is 16.2. The molecule has 1 aliphatic heterocycles. The van der Waals surface area contributed by atoms with E-state index in [9.17, 15) is 40.5 Å². The second kappa shape index (κ2) is 9.00. The lowest BCUT2D eigenvalue weighted by Gasteiger charge is -2.39. The van der Waals surface area contributed by atoms with Crippen LogP contribution in [-0.2, 0) is 4.74 Å². The Bertz CT molecular complexity index is 1270. The number of phenols is 3. The molecule has 2 heterocycles. The summed E-state index contributed by atoms with van der Waals surface area (Å²) in [4.78, 5) is 13.4. The van der Waals surface area contributed by atoms with Gasteiger partial charge in [0, 0.05) is 17.7 Å². The molecule has 0 bridgehead atoms. The van der Waals surface area contributed by atoms with Gasteiger partial charge in [0.1, 0.15) is 46.9 Å². The van der Waals surface area contributed by atoms with Crippen LogP contribution in [0.4, 0.5) is 0 Å². The molecule has 7 N–H and O–H groups in total. The summed E-state index contributed by atoms with van der Waals surface area (Å²) in [5.74, 6) is -2.16. The first-order valence-electron chi connectivity index (χ1n) is 10.0. The van der Waals surface area contributed by atoms with Gasteiger partial charge in [-0.1, -0.05) is 0 Å². The fourth-order valence-corrected chi connectivity index (χ4v) is 3.62. The monoisotopic (exact) mass is 478 g/mol. The number of hydrogen-bond acceptors (Lipinski definition) is 12. The molecule has 0 amide bonds. The van der Waals surface area contributed by atoms with Crippen molar-refractivity contribution in [1.82, 2.24) is 0 Å². The van der Waals surface area contributed by atoms with Gasteiger partial charge in [-0.25, -0.2) is 0 Å². The van der Waals surface area contributed by atoms with Crippen molar-refractivity contribution in [3.63, 3.8) is 0 Å². The average Bonchev–Trinajstić information content (AvgIpc) is 2.82. The molecule has 0 saturated carbocycles. The zero-order valence-corrected chi connectivity index (χ0v) is 17.7. The van der Waals surface area contributed by atoms with Crippen molar-refractivity contribution in [3.05, 3.63) is 40.6 Å². The van der Waals surface area contributed by atoms with Gasteiger partial charge in [-0.15, -0.1) is 0 Å². The van der Waals surface area contributed by atoms with Gasteiger partial charge >= 0.3 is 0 Å². The van der Waals surface area contributed by atoms with E-state index < -0.39 is 65.7 Å². The van der Waals surface area contributed by atoms with Crippen LogP contribution in [0.3, 0.4) is 0 Å². The Hall–Kier alpha value is -3.55. The van der Waals surface area contributed by atoms with Crippen molar-refractivity contribution in [3.8, 4) is 40.1 Å². The van der Waals surface area contributed by atoms with E-state index in [0.717, 1.165) is 12.1 Å². The third kappa shape index (κ3) is 3.97. The Balaban J connectivity index is 1.92. The van der Waals surface area contributed by atoms with E-state index in [1.54, 1.807) is 0 Å². The van der Waals surface area contributed by atoms with Gasteiger partial charge in [0.25, 0.3) is 0 Å². The summed E-state index contributed by atoms with van der Waals surface area (Å²) >= 11 is 0. The topological polar surface area (TPSA) is 200 Å². The normalized spacial score (nSPS) is 24.8. The number of benzene rings is 2. The Labute approximate surface area is 191 Å². The third-order valence-corrected chi connectivity index (χ3v) is 5.46. The van der Waals surface area contributed by atoms with Crippen molar-refractivity contribution in [1.29, 1.82) is 0 Å². The van der Waals surface area contributed by atoms with Crippen LogP contribution >= 0.6 is 0 Å². The fourth-order valence-electron chi connectivity index (χ4n) is 3.62. The van der Waals surface area contributed by atoms with E-state index in [4.69, 9.17) is 18.6 Å². The molecular formula is C22H22O12. The summed E-state index contributed by atoms with van der Waals surface area (Å²) in [5.41, 5.74) is -0.942. The predicted octanol–water partition coefficient (Wildman–Crippen LogP) is -0.236. The number of phenolic OH excluding ortho intramolecular Hbond substituents is 3. The Morgan fingerprint density at radius 2 is 1.68 bits per heavy atom. The quantitative estimate of drug-likeness (QED) is 0.238. The largest absolute Gasteiger partial charge is 0.507 e. The van der Waals surface area contributed by atoms with Crippen molar-refractivity contribution in [2.45, 2.75) is 30.7 Å². The summed E-state index contributed by atoms with van der Waals surface area (Å²) in [7, 11) is 1.34. The standard InChI is InChI=1S/C22H22O12/c1-31-9-5-12(26)15-13(6-9)32-20(8-2-3-10(24)11(25)4-8)21(17(15)28)34-22-19(30)18(29)16(27)14(7-23)33-22/h2-6,14,16,18-19,22-27,29-30H,7H2,1H3/t14-,16-,18+,19-,22-/m1/s1. The van der Waals surface area contributed by atoms with E-state index in [1.165, 1.54) is 25.3 Å². The van der Waals surface area contributed by atoms with Crippen LogP contribution in [0, 0.1) is 0 Å². The van der Waals surface area contributed by atoms with Crippen LogP contribution in [0.2, 0.25) is 0 Å². The Kier molecular flexibility index (Phi) is 6.25. The van der Waals surface area contributed by atoms with Crippen LogP contribution in [-0.4, -0.2) is 80.2 Å². The predicted molar refractivity (Wildman–Crippen MR) is 114 cm³/mol. The maximum absolute atomic E-state index is 13.4. The molecule has 0 radical (unpaired) electrons. The maximum atomic E-state index is 13.4. The van der Waals surface area contributed by atoms with Gasteiger partial charge in [-0.05, 0) is 18.2 Å². The summed E-state index contributed by atoms with van der Waals surface area (Å²) < 4.78 is 21.8. The zero-order valence-electron chi connectivity index (χ0n) is 17.7. The van der Waals surface area contributed by atoms with Crippen LogP contribution in [0.1, 0.15) is 0 Å². The molecule has 1 aromatic heterocycles. The molecule has 2 aromatic carbocycles. The molecule has 0 unspecified atom stereocenters. The Morgan fingerprint density at radius 1 is 0.941 bits per heavy atom. The summed E-state index contributed by atoms with van der Waals surface area (Å²) in [6.07, 6.45) is -8.31. The van der Waals surface area contributed by atoms with E-state index in [2.05, 4.69) is 0 Å². The lowest BCUT2D eigenvalue weighted by molar-refractivity contribution is -0.277. The molecule has 182 valence electrons. The van der Waals surface area contributed by atoms with Gasteiger partial charge in [-0.3, -0.25) is 4.79 Å². The van der Waals surface area contributed by atoms with Crippen molar-refractivity contribution in [2.24, 2.45) is 0 Å². The number of hydrogen-bond donors (Lipinski definition) is 7. The molecule has 3 aromatic rings. The zero-order chi connectivity index (χ0) is 24.7. The summed E-state index contributed by atoms with van der Waals surface area (Å²) in [6, 6.07) is 6.02. The number of methoxy groups -OCH3 is 1. The highest BCUT2D eigenvalue weighted by Crippen LogP contribution is 2.39. The second-order valence-electron chi connectivity index (χ2n) is 7.63. The number of fused-ring (bicyclic) bond motifs is 1. The van der Waals surface area contributed by atoms with Crippen molar-refractivity contribution < 1.29 is 54.4 Å². The average molecular weight is 478 g/mol. The minimum atomic E-state index is -1.83. The molecule has 4 rings (SSSR count). The molecule has 1 fully saturated rings. The van der Waals surface area contributed by atoms with Crippen LogP contribution < -0.4 is 14.9 Å². The smallest absolute Gasteiger partial charge is 0.239 e. The molecule has 1 aliphatic rings. The number of ether oxygens (including phenoxy) is 3. The lowest BCUT2D eigenvalue weighted by Crippen LogP contribution is -2.60. The lowest BCUT2D eigenvalue weighted by atomic mass is 9.99. The SMILES string of the molecule is COc1cc(O)c2c(=O)c(O[C@H]3O[C@H](CO)[C@@H](O)[C@H](O)[C@H]3O)c(-c3ccc(O)c(O)c3)oc2c1. The minimum absolute atomic E-state index is 0.0659. The third-order valence-electron chi connectivity index (χ3n) is 5.46. The molecule has 12 heteroatoms. The van der Waals surface area contributed by atoms with Crippen molar-refractivity contribution in [2.75, 3.05) is 13.7 Å². The van der Waals surface area contributed by atoms with E-state index in [1.807, 2.05) is 0 Å². The van der Waals surface area contributed by atoms with Crippen LogP contribution in [0.5, 0.6) is 28.7 Å². The molecule has 0 spiro atoms. The minimum Gasteiger partial charge on any atom is -0.507 e. The van der Waals surface area contributed by atoms with Gasteiger partial charge in [-0.2, -0.15) is 0 Å². The summed E-state index contributed by atoms with van der Waals surface area (Å²) in [5, 5.41) is 69.5.